The van der Waals surface area contributed by atoms with Gasteiger partial charge in [0, 0.05) is 10.4 Å². The third-order valence-electron chi connectivity index (χ3n) is 4.74. The zero-order valence-corrected chi connectivity index (χ0v) is 16.2. The Kier molecular flexibility index (Phi) is 5.09. The molecule has 0 radical (unpaired) electrons. The Hall–Kier alpha value is -3.52. The SMILES string of the molecule is NC(=O)c1ccccc1NC(=O)C1CCc2sc(NC(=O)c3ccccc3)nc21. The Morgan fingerprint density at radius 1 is 1.00 bits per heavy atom. The van der Waals surface area contributed by atoms with Gasteiger partial charge in [0.15, 0.2) is 5.13 Å². The molecule has 3 amide bonds. The van der Waals surface area contributed by atoms with Gasteiger partial charge in [-0.05, 0) is 37.1 Å². The van der Waals surface area contributed by atoms with Crippen LogP contribution in [0.2, 0.25) is 0 Å². The molecule has 1 atom stereocenters. The number of nitrogens with zero attached hydrogens (tertiary/aromatic N) is 1. The normalized spacial score (nSPS) is 14.8. The molecule has 0 aliphatic heterocycles. The van der Waals surface area contributed by atoms with Crippen LogP contribution in [0.3, 0.4) is 0 Å². The third-order valence-corrected chi connectivity index (χ3v) is 5.79. The number of carbonyl (C=O) groups is 3. The van der Waals surface area contributed by atoms with Gasteiger partial charge in [-0.1, -0.05) is 30.3 Å². The van der Waals surface area contributed by atoms with Crippen LogP contribution in [0, 0.1) is 0 Å². The van der Waals surface area contributed by atoms with Crippen LogP contribution in [0.15, 0.2) is 54.6 Å². The van der Waals surface area contributed by atoms with Crippen molar-refractivity contribution < 1.29 is 14.4 Å². The summed E-state index contributed by atoms with van der Waals surface area (Å²) in [5.41, 5.74) is 7.23. The van der Waals surface area contributed by atoms with Crippen LogP contribution in [-0.2, 0) is 11.2 Å². The number of anilines is 2. The number of benzene rings is 2. The molecular formula is C21H18N4O3S. The minimum Gasteiger partial charge on any atom is -0.366 e. The van der Waals surface area contributed by atoms with E-state index in [1.165, 1.54) is 11.3 Å². The molecule has 8 heteroatoms. The molecule has 1 aromatic heterocycles. The van der Waals surface area contributed by atoms with E-state index in [9.17, 15) is 14.4 Å². The largest absolute Gasteiger partial charge is 0.366 e. The second-order valence-electron chi connectivity index (χ2n) is 6.64. The van der Waals surface area contributed by atoms with Crippen molar-refractivity contribution in [2.45, 2.75) is 18.8 Å². The first-order valence-electron chi connectivity index (χ1n) is 9.08. The van der Waals surface area contributed by atoms with Crippen LogP contribution in [0.5, 0.6) is 0 Å². The standard InChI is InChI=1S/C21H18N4O3S/c22-18(26)13-8-4-5-9-15(13)23-20(28)14-10-11-16-17(14)24-21(29-16)25-19(27)12-6-2-1-3-7-12/h1-9,14H,10-11H2,(H2,22,26)(H,23,28)(H,24,25,27). The summed E-state index contributed by atoms with van der Waals surface area (Å²) >= 11 is 1.38. The van der Waals surface area contributed by atoms with Crippen molar-refractivity contribution in [3.8, 4) is 0 Å². The Balaban J connectivity index is 1.50. The van der Waals surface area contributed by atoms with Gasteiger partial charge in [-0.15, -0.1) is 11.3 Å². The molecule has 1 unspecified atom stereocenters. The van der Waals surface area contributed by atoms with Crippen LogP contribution in [0.4, 0.5) is 10.8 Å². The number of nitrogens with two attached hydrogens (primary N) is 1. The summed E-state index contributed by atoms with van der Waals surface area (Å²) in [6, 6.07) is 15.5. The molecule has 7 nitrogen and oxygen atoms in total. The van der Waals surface area contributed by atoms with Gasteiger partial charge >= 0.3 is 0 Å². The zero-order valence-electron chi connectivity index (χ0n) is 15.3. The maximum absolute atomic E-state index is 12.8. The average Bonchev–Trinajstić information content (AvgIpc) is 3.29. The smallest absolute Gasteiger partial charge is 0.257 e. The first kappa shape index (κ1) is 18.8. The van der Waals surface area contributed by atoms with Gasteiger partial charge in [-0.3, -0.25) is 19.7 Å². The van der Waals surface area contributed by atoms with E-state index in [1.54, 1.807) is 48.5 Å². The van der Waals surface area contributed by atoms with Crippen LogP contribution in [0.1, 0.15) is 43.6 Å². The van der Waals surface area contributed by atoms with E-state index in [0.717, 1.165) is 4.88 Å². The van der Waals surface area contributed by atoms with Crippen molar-refractivity contribution in [3.63, 3.8) is 0 Å². The Morgan fingerprint density at radius 2 is 1.72 bits per heavy atom. The first-order valence-corrected chi connectivity index (χ1v) is 9.90. The molecule has 4 N–H and O–H groups in total. The van der Waals surface area contributed by atoms with Crippen LogP contribution >= 0.6 is 11.3 Å². The molecule has 0 bridgehead atoms. The van der Waals surface area contributed by atoms with E-state index in [1.807, 2.05) is 6.07 Å². The lowest BCUT2D eigenvalue weighted by Crippen LogP contribution is -2.22. The predicted octanol–water partition coefficient (Wildman–Crippen LogP) is 3.16. The molecule has 29 heavy (non-hydrogen) atoms. The van der Waals surface area contributed by atoms with E-state index in [2.05, 4.69) is 15.6 Å². The highest BCUT2D eigenvalue weighted by atomic mass is 32.1. The number of rotatable bonds is 5. The highest BCUT2D eigenvalue weighted by Gasteiger charge is 2.33. The fourth-order valence-electron chi connectivity index (χ4n) is 3.32. The van der Waals surface area contributed by atoms with E-state index < -0.39 is 11.8 Å². The van der Waals surface area contributed by atoms with Crippen LogP contribution < -0.4 is 16.4 Å². The fraction of sp³-hybridized carbons (Fsp3) is 0.143. The van der Waals surface area contributed by atoms with E-state index in [4.69, 9.17) is 5.73 Å². The van der Waals surface area contributed by atoms with Gasteiger partial charge in [-0.2, -0.15) is 0 Å². The molecule has 0 saturated carbocycles. The lowest BCUT2D eigenvalue weighted by atomic mass is 10.1. The van der Waals surface area contributed by atoms with Crippen molar-refractivity contribution in [2.24, 2.45) is 5.73 Å². The number of amides is 3. The van der Waals surface area contributed by atoms with Crippen molar-refractivity contribution in [3.05, 3.63) is 76.3 Å². The third kappa shape index (κ3) is 3.88. The number of fused-ring (bicyclic) bond motifs is 1. The Bertz CT molecular complexity index is 1090. The van der Waals surface area contributed by atoms with Gasteiger partial charge in [-0.25, -0.2) is 4.98 Å². The summed E-state index contributed by atoms with van der Waals surface area (Å²) in [7, 11) is 0. The number of hydrogen-bond donors (Lipinski definition) is 3. The van der Waals surface area contributed by atoms with Crippen molar-refractivity contribution in [1.82, 2.24) is 4.98 Å². The predicted molar refractivity (Wildman–Crippen MR) is 111 cm³/mol. The lowest BCUT2D eigenvalue weighted by molar-refractivity contribution is -0.117. The monoisotopic (exact) mass is 406 g/mol. The highest BCUT2D eigenvalue weighted by molar-refractivity contribution is 7.16. The minimum absolute atomic E-state index is 0.241. The molecule has 146 valence electrons. The van der Waals surface area contributed by atoms with Gasteiger partial charge < -0.3 is 11.1 Å². The van der Waals surface area contributed by atoms with Crippen molar-refractivity contribution in [2.75, 3.05) is 10.6 Å². The number of primary amides is 1. The molecule has 0 spiro atoms. The second kappa shape index (κ2) is 7.84. The average molecular weight is 406 g/mol. The summed E-state index contributed by atoms with van der Waals surface area (Å²) in [4.78, 5) is 42.2. The van der Waals surface area contributed by atoms with Gasteiger partial charge in [0.25, 0.3) is 11.8 Å². The molecule has 1 aliphatic rings. The second-order valence-corrected chi connectivity index (χ2v) is 7.72. The Morgan fingerprint density at radius 3 is 2.48 bits per heavy atom. The van der Waals surface area contributed by atoms with Crippen LogP contribution in [0.25, 0.3) is 0 Å². The van der Waals surface area contributed by atoms with Gasteiger partial charge in [0.2, 0.25) is 5.91 Å². The molecule has 0 saturated heterocycles. The number of aryl methyl sites for hydroxylation is 1. The quantitative estimate of drug-likeness (QED) is 0.604. The molecular weight excluding hydrogens is 388 g/mol. The lowest BCUT2D eigenvalue weighted by Gasteiger charge is -2.12. The van der Waals surface area contributed by atoms with Gasteiger partial charge in [0.05, 0.1) is 22.9 Å². The van der Waals surface area contributed by atoms with E-state index in [0.29, 0.717) is 34.9 Å². The van der Waals surface area contributed by atoms with Crippen molar-refractivity contribution in [1.29, 1.82) is 0 Å². The van der Waals surface area contributed by atoms with Gasteiger partial charge in [0.1, 0.15) is 0 Å². The molecule has 4 rings (SSSR count). The van der Waals surface area contributed by atoms with Crippen LogP contribution in [-0.4, -0.2) is 22.7 Å². The number of para-hydroxylation sites is 1. The summed E-state index contributed by atoms with van der Waals surface area (Å²) in [5.74, 6) is -1.53. The molecule has 3 aromatic rings. The Labute approximate surface area is 171 Å². The highest BCUT2D eigenvalue weighted by Crippen LogP contribution is 2.39. The van der Waals surface area contributed by atoms with E-state index >= 15 is 0 Å². The fourth-order valence-corrected chi connectivity index (χ4v) is 4.35. The molecule has 0 fully saturated rings. The maximum atomic E-state index is 12.8. The number of thiazole rings is 1. The maximum Gasteiger partial charge on any atom is 0.257 e. The molecule has 1 heterocycles. The topological polar surface area (TPSA) is 114 Å². The molecule has 2 aromatic carbocycles. The van der Waals surface area contributed by atoms with E-state index in [-0.39, 0.29) is 17.4 Å². The summed E-state index contributed by atoms with van der Waals surface area (Å²) in [6.45, 7) is 0. The molecule has 1 aliphatic carbocycles. The summed E-state index contributed by atoms with van der Waals surface area (Å²) in [6.07, 6.45) is 1.34. The summed E-state index contributed by atoms with van der Waals surface area (Å²) in [5, 5.41) is 6.06. The number of nitrogens with one attached hydrogen (secondary N) is 2. The zero-order chi connectivity index (χ0) is 20.4. The minimum atomic E-state index is -0.604. The number of hydrogen-bond acceptors (Lipinski definition) is 5. The number of carbonyl (C=O) groups excluding carboxylic acids is 3. The summed E-state index contributed by atoms with van der Waals surface area (Å²) < 4.78 is 0. The first-order chi connectivity index (χ1) is 14.0. The number of aromatic nitrogens is 1. The van der Waals surface area contributed by atoms with Crippen molar-refractivity contribution >= 4 is 39.9 Å².